The number of ether oxygens (including phenoxy) is 2. The fraction of sp³-hybridized carbons (Fsp3) is 0.452. The van der Waals surface area contributed by atoms with Crippen LogP contribution in [0.3, 0.4) is 0 Å². The highest BCUT2D eigenvalue weighted by atomic mass is 35.5. The van der Waals surface area contributed by atoms with Gasteiger partial charge < -0.3 is 30.3 Å². The number of hydrogen-bond acceptors (Lipinski definition) is 9. The van der Waals surface area contributed by atoms with E-state index in [-0.39, 0.29) is 12.0 Å². The fourth-order valence-electron chi connectivity index (χ4n) is 5.40. The SMILES string of the molecule is CCNC(=O)c1ccccc1Nc1nc(Nc2ccc(N3CCC(N4CCOCC4)CC3)cc2OC(C)C)ncc1Cl. The molecule has 0 radical (unpaired) electrons. The molecule has 0 atom stereocenters. The van der Waals surface area contributed by atoms with Crippen molar-refractivity contribution in [3.63, 3.8) is 0 Å². The Hall–Kier alpha value is -3.60. The van der Waals surface area contributed by atoms with Gasteiger partial charge in [-0.2, -0.15) is 4.98 Å². The summed E-state index contributed by atoms with van der Waals surface area (Å²) in [6.07, 6.45) is 3.79. The first-order valence-corrected chi connectivity index (χ1v) is 15.1. The minimum absolute atomic E-state index is 0.0120. The molecule has 2 fully saturated rings. The second kappa shape index (κ2) is 14.0. The molecule has 224 valence electrons. The number of halogens is 1. The Labute approximate surface area is 252 Å². The number of nitrogens with one attached hydrogen (secondary N) is 3. The molecule has 2 aliphatic rings. The van der Waals surface area contributed by atoms with E-state index in [1.165, 1.54) is 6.20 Å². The third kappa shape index (κ3) is 7.42. The molecule has 3 aromatic rings. The minimum atomic E-state index is -0.176. The lowest BCUT2D eigenvalue weighted by molar-refractivity contribution is 0.0115. The van der Waals surface area contributed by atoms with Gasteiger partial charge in [0.15, 0.2) is 5.82 Å². The van der Waals surface area contributed by atoms with Gasteiger partial charge in [-0.1, -0.05) is 23.7 Å². The third-order valence-corrected chi connectivity index (χ3v) is 7.75. The van der Waals surface area contributed by atoms with Crippen molar-refractivity contribution in [1.29, 1.82) is 0 Å². The maximum absolute atomic E-state index is 12.6. The Balaban J connectivity index is 1.31. The van der Waals surface area contributed by atoms with Gasteiger partial charge in [0, 0.05) is 50.5 Å². The normalized spacial score (nSPS) is 16.4. The van der Waals surface area contributed by atoms with Gasteiger partial charge >= 0.3 is 0 Å². The lowest BCUT2D eigenvalue weighted by atomic mass is 10.0. The van der Waals surface area contributed by atoms with E-state index in [4.69, 9.17) is 21.1 Å². The monoisotopic (exact) mass is 593 g/mol. The van der Waals surface area contributed by atoms with Gasteiger partial charge in [0.2, 0.25) is 5.95 Å². The number of benzene rings is 2. The van der Waals surface area contributed by atoms with E-state index in [1.54, 1.807) is 6.07 Å². The predicted molar refractivity (Wildman–Crippen MR) is 168 cm³/mol. The number of morpholine rings is 1. The van der Waals surface area contributed by atoms with Crippen molar-refractivity contribution in [3.05, 3.63) is 59.2 Å². The quantitative estimate of drug-likeness (QED) is 0.283. The summed E-state index contributed by atoms with van der Waals surface area (Å²) in [6, 6.07) is 14.1. The standard InChI is InChI=1S/C31H40ClN7O3/c1-4-33-30(40)24-7-5-6-8-26(24)35-29-25(32)20-34-31(37-29)36-27-10-9-23(19-28(27)42-21(2)3)38-13-11-22(12-14-38)39-15-17-41-18-16-39/h5-10,19-22H,4,11-18H2,1-3H3,(H,33,40)(H2,34,35,36,37). The van der Waals surface area contributed by atoms with Crippen molar-refractivity contribution in [3.8, 4) is 5.75 Å². The van der Waals surface area contributed by atoms with Crippen LogP contribution in [0.2, 0.25) is 5.02 Å². The smallest absolute Gasteiger partial charge is 0.253 e. The van der Waals surface area contributed by atoms with Crippen molar-refractivity contribution in [2.45, 2.75) is 45.8 Å². The zero-order valence-electron chi connectivity index (χ0n) is 24.5. The number of rotatable bonds is 10. The van der Waals surface area contributed by atoms with Gasteiger partial charge in [-0.15, -0.1) is 0 Å². The Kier molecular flexibility index (Phi) is 9.99. The molecule has 1 amide bonds. The molecular formula is C31H40ClN7O3. The van der Waals surface area contributed by atoms with Gasteiger partial charge in [-0.3, -0.25) is 9.69 Å². The molecule has 10 nitrogen and oxygen atoms in total. The van der Waals surface area contributed by atoms with Crippen LogP contribution >= 0.6 is 11.6 Å². The first kappa shape index (κ1) is 29.9. The number of aromatic nitrogens is 2. The summed E-state index contributed by atoms with van der Waals surface area (Å²) in [4.78, 5) is 26.6. The van der Waals surface area contributed by atoms with Crippen LogP contribution in [0.15, 0.2) is 48.7 Å². The molecule has 0 unspecified atom stereocenters. The Morgan fingerprint density at radius 3 is 2.57 bits per heavy atom. The number of para-hydroxylation sites is 1. The highest BCUT2D eigenvalue weighted by Crippen LogP contribution is 2.35. The van der Waals surface area contributed by atoms with Crippen molar-refractivity contribution < 1.29 is 14.3 Å². The molecule has 0 saturated carbocycles. The predicted octanol–water partition coefficient (Wildman–Crippen LogP) is 5.46. The highest BCUT2D eigenvalue weighted by Gasteiger charge is 2.26. The van der Waals surface area contributed by atoms with Crippen LogP contribution in [0.4, 0.5) is 28.8 Å². The lowest BCUT2D eigenvalue weighted by Gasteiger charge is -2.41. The largest absolute Gasteiger partial charge is 0.489 e. The Bertz CT molecular complexity index is 1360. The molecule has 0 aliphatic carbocycles. The third-order valence-electron chi connectivity index (χ3n) is 7.47. The topological polar surface area (TPSA) is 104 Å². The molecule has 1 aromatic heterocycles. The summed E-state index contributed by atoms with van der Waals surface area (Å²) in [6.45, 7) is 12.2. The second-order valence-electron chi connectivity index (χ2n) is 10.8. The number of anilines is 5. The minimum Gasteiger partial charge on any atom is -0.489 e. The molecule has 2 aliphatic heterocycles. The van der Waals surface area contributed by atoms with E-state index in [9.17, 15) is 4.79 Å². The van der Waals surface area contributed by atoms with Crippen LogP contribution in [-0.2, 0) is 4.74 Å². The number of carbonyl (C=O) groups excluding carboxylic acids is 1. The zero-order valence-corrected chi connectivity index (χ0v) is 25.3. The van der Waals surface area contributed by atoms with Crippen LogP contribution in [0, 0.1) is 0 Å². The van der Waals surface area contributed by atoms with E-state index in [0.29, 0.717) is 40.6 Å². The van der Waals surface area contributed by atoms with E-state index >= 15 is 0 Å². The maximum Gasteiger partial charge on any atom is 0.253 e. The van der Waals surface area contributed by atoms with Gasteiger partial charge in [0.05, 0.1) is 42.5 Å². The molecular weight excluding hydrogens is 554 g/mol. The second-order valence-corrected chi connectivity index (χ2v) is 11.2. The van der Waals surface area contributed by atoms with E-state index in [0.717, 1.165) is 69.4 Å². The van der Waals surface area contributed by atoms with Crippen molar-refractivity contribution in [2.24, 2.45) is 0 Å². The summed E-state index contributed by atoms with van der Waals surface area (Å²) >= 11 is 6.45. The van der Waals surface area contributed by atoms with E-state index < -0.39 is 0 Å². The van der Waals surface area contributed by atoms with E-state index in [1.807, 2.05) is 45.0 Å². The van der Waals surface area contributed by atoms with Gasteiger partial charge in [-0.25, -0.2) is 4.98 Å². The molecule has 42 heavy (non-hydrogen) atoms. The number of carbonyl (C=O) groups is 1. The van der Waals surface area contributed by atoms with Crippen LogP contribution in [0.1, 0.15) is 44.0 Å². The first-order chi connectivity index (χ1) is 20.4. The fourth-order valence-corrected chi connectivity index (χ4v) is 5.54. The molecule has 11 heteroatoms. The number of piperidine rings is 1. The molecule has 2 saturated heterocycles. The van der Waals surface area contributed by atoms with Crippen LogP contribution in [0.25, 0.3) is 0 Å². The average molecular weight is 594 g/mol. The number of amides is 1. The summed E-state index contributed by atoms with van der Waals surface area (Å²) < 4.78 is 11.8. The van der Waals surface area contributed by atoms with Crippen LogP contribution in [-0.4, -0.2) is 78.9 Å². The molecule has 2 aromatic carbocycles. The average Bonchev–Trinajstić information content (AvgIpc) is 3.00. The summed E-state index contributed by atoms with van der Waals surface area (Å²) in [5.74, 6) is 1.29. The van der Waals surface area contributed by atoms with Crippen molar-refractivity contribution >= 4 is 46.3 Å². The molecule has 3 N–H and O–H groups in total. The van der Waals surface area contributed by atoms with Crippen molar-refractivity contribution in [1.82, 2.24) is 20.2 Å². The van der Waals surface area contributed by atoms with Crippen LogP contribution in [0.5, 0.6) is 5.75 Å². The van der Waals surface area contributed by atoms with E-state index in [2.05, 4.69) is 47.9 Å². The number of hydrogen-bond donors (Lipinski definition) is 3. The van der Waals surface area contributed by atoms with Gasteiger partial charge in [0.1, 0.15) is 10.8 Å². The summed E-state index contributed by atoms with van der Waals surface area (Å²) in [7, 11) is 0. The maximum atomic E-state index is 12.6. The molecule has 3 heterocycles. The van der Waals surface area contributed by atoms with Crippen molar-refractivity contribution in [2.75, 3.05) is 61.5 Å². The Morgan fingerprint density at radius 2 is 1.83 bits per heavy atom. The summed E-state index contributed by atoms with van der Waals surface area (Å²) in [5.41, 5.74) is 2.99. The molecule has 5 rings (SSSR count). The van der Waals surface area contributed by atoms with Gasteiger partial charge in [-0.05, 0) is 57.9 Å². The zero-order chi connectivity index (χ0) is 29.5. The first-order valence-electron chi connectivity index (χ1n) is 14.7. The van der Waals surface area contributed by atoms with Gasteiger partial charge in [0.25, 0.3) is 5.91 Å². The Morgan fingerprint density at radius 1 is 1.07 bits per heavy atom. The molecule has 0 bridgehead atoms. The number of nitrogens with zero attached hydrogens (tertiary/aromatic N) is 4. The molecule has 0 spiro atoms. The lowest BCUT2D eigenvalue weighted by Crippen LogP contribution is -2.49. The highest BCUT2D eigenvalue weighted by molar-refractivity contribution is 6.33. The summed E-state index contributed by atoms with van der Waals surface area (Å²) in [5, 5.41) is 9.67. The van der Waals surface area contributed by atoms with Crippen LogP contribution < -0.4 is 25.6 Å².